The fraction of sp³-hybridized carbons (Fsp3) is 0. The van der Waals surface area contributed by atoms with E-state index in [9.17, 15) is 14.9 Å². The van der Waals surface area contributed by atoms with Crippen LogP contribution in [0.4, 0.5) is 11.4 Å². The summed E-state index contributed by atoms with van der Waals surface area (Å²) in [5, 5.41) is 9.62. The largest absolute Gasteiger partial charge is 0.393 e. The molecule has 0 unspecified atom stereocenters. The molecule has 7 heteroatoms. The number of benzene rings is 1. The topological polar surface area (TPSA) is 86.2 Å². The normalized spacial score (nSPS) is 8.93. The molecule has 76 valence electrons. The van der Waals surface area contributed by atoms with Gasteiger partial charge in [0, 0.05) is 11.6 Å². The minimum absolute atomic E-state index is 0. The van der Waals surface area contributed by atoms with Gasteiger partial charge in [0.15, 0.2) is 0 Å². The van der Waals surface area contributed by atoms with Crippen molar-refractivity contribution in [1.29, 1.82) is 0 Å². The van der Waals surface area contributed by atoms with Crippen LogP contribution < -0.4 is 5.73 Å². The Morgan fingerprint density at radius 3 is 2.50 bits per heavy atom. The molecule has 0 amide bonds. The highest BCUT2D eigenvalue weighted by Crippen LogP contribution is 2.22. The Balaban J connectivity index is 0.00000169. The van der Waals surface area contributed by atoms with Crippen molar-refractivity contribution in [3.05, 3.63) is 33.9 Å². The molecule has 0 atom stereocenters. The summed E-state index contributed by atoms with van der Waals surface area (Å²) >= 11 is 5.13. The van der Waals surface area contributed by atoms with Crippen LogP contribution in [0.15, 0.2) is 18.2 Å². The summed E-state index contributed by atoms with van der Waals surface area (Å²) in [4.78, 5) is 20.3. The van der Waals surface area contributed by atoms with Gasteiger partial charge in [0.05, 0.1) is 4.92 Å². The van der Waals surface area contributed by atoms with E-state index in [1.54, 1.807) is 0 Å². The molecule has 1 aromatic carbocycles. The van der Waals surface area contributed by atoms with Crippen molar-refractivity contribution in [2.75, 3.05) is 5.73 Å². The van der Waals surface area contributed by atoms with E-state index in [2.05, 4.69) is 0 Å². The Kier molecular flexibility index (Phi) is 4.33. The highest BCUT2D eigenvalue weighted by Gasteiger charge is 2.13. The minimum atomic E-state index is -0.747. The van der Waals surface area contributed by atoms with Gasteiger partial charge in [-0.15, -0.1) is 12.4 Å². The van der Waals surface area contributed by atoms with Crippen LogP contribution in [0, 0.1) is 10.1 Å². The lowest BCUT2D eigenvalue weighted by atomic mass is 10.2. The first-order chi connectivity index (χ1) is 6.02. The van der Waals surface area contributed by atoms with Crippen LogP contribution in [-0.4, -0.2) is 10.2 Å². The average Bonchev–Trinajstić information content (AvgIpc) is 2.04. The third-order valence-corrected chi connectivity index (χ3v) is 1.67. The van der Waals surface area contributed by atoms with Crippen LogP contribution in [0.2, 0.25) is 0 Å². The first-order valence-corrected chi connectivity index (χ1v) is 3.64. The maximum absolute atomic E-state index is 10.6. The van der Waals surface area contributed by atoms with Gasteiger partial charge in [-0.05, 0) is 23.7 Å². The Morgan fingerprint density at radius 1 is 1.50 bits per heavy atom. The van der Waals surface area contributed by atoms with Crippen molar-refractivity contribution in [3.63, 3.8) is 0 Å². The van der Waals surface area contributed by atoms with Crippen LogP contribution in [0.3, 0.4) is 0 Å². The van der Waals surface area contributed by atoms with Crippen LogP contribution in [-0.2, 0) is 0 Å². The molecule has 5 nitrogen and oxygen atoms in total. The third kappa shape index (κ3) is 2.58. The van der Waals surface area contributed by atoms with Crippen LogP contribution >= 0.6 is 24.0 Å². The summed E-state index contributed by atoms with van der Waals surface area (Å²) in [5.41, 5.74) is 5.05. The number of anilines is 1. The van der Waals surface area contributed by atoms with E-state index in [0.29, 0.717) is 0 Å². The van der Waals surface area contributed by atoms with E-state index in [-0.39, 0.29) is 29.3 Å². The number of nitrogen functional groups attached to an aromatic ring is 1. The van der Waals surface area contributed by atoms with Gasteiger partial charge in [-0.25, -0.2) is 0 Å². The molecule has 1 aromatic rings. The molecule has 0 saturated carbocycles. The van der Waals surface area contributed by atoms with Crippen LogP contribution in [0.25, 0.3) is 0 Å². The van der Waals surface area contributed by atoms with Gasteiger partial charge in [-0.1, -0.05) is 0 Å². The Labute approximate surface area is 90.4 Å². The number of hydrogen-bond acceptors (Lipinski definition) is 4. The van der Waals surface area contributed by atoms with E-state index in [1.807, 2.05) is 0 Å². The molecule has 0 spiro atoms. The summed E-state index contributed by atoms with van der Waals surface area (Å²) in [6, 6.07) is 3.65. The van der Waals surface area contributed by atoms with Gasteiger partial charge in [-0.3, -0.25) is 14.9 Å². The van der Waals surface area contributed by atoms with Gasteiger partial charge in [0.1, 0.15) is 5.69 Å². The van der Waals surface area contributed by atoms with Crippen molar-refractivity contribution in [3.8, 4) is 0 Å². The summed E-state index contributed by atoms with van der Waals surface area (Å²) in [6.07, 6.45) is 0. The summed E-state index contributed by atoms with van der Waals surface area (Å²) in [5.74, 6) is 0. The van der Waals surface area contributed by atoms with Crippen molar-refractivity contribution in [2.24, 2.45) is 0 Å². The smallest absolute Gasteiger partial charge is 0.292 e. The quantitative estimate of drug-likeness (QED) is 0.368. The molecule has 0 fully saturated rings. The van der Waals surface area contributed by atoms with Gasteiger partial charge >= 0.3 is 0 Å². The lowest BCUT2D eigenvalue weighted by Crippen LogP contribution is -1.98. The fourth-order valence-corrected chi connectivity index (χ4v) is 0.942. The van der Waals surface area contributed by atoms with E-state index in [1.165, 1.54) is 12.1 Å². The first-order valence-electron chi connectivity index (χ1n) is 3.26. The molecule has 0 aliphatic carbocycles. The highest BCUT2D eigenvalue weighted by molar-refractivity contribution is 6.67. The number of halogens is 2. The number of nitrogens with zero attached hydrogens (tertiary/aromatic N) is 1. The zero-order chi connectivity index (χ0) is 10.0. The first kappa shape index (κ1) is 12.7. The second kappa shape index (κ2) is 4.78. The molecular weight excluding hydrogens is 231 g/mol. The van der Waals surface area contributed by atoms with E-state index >= 15 is 0 Å². The number of hydrogen-bond donors (Lipinski definition) is 1. The van der Waals surface area contributed by atoms with E-state index < -0.39 is 10.2 Å². The SMILES string of the molecule is Cl.Nc1ccc(C(=O)Cl)cc1[N+](=O)[O-]. The zero-order valence-corrected chi connectivity index (χ0v) is 8.34. The molecule has 0 aromatic heterocycles. The lowest BCUT2D eigenvalue weighted by molar-refractivity contribution is -0.383. The molecule has 0 bridgehead atoms. The van der Waals surface area contributed by atoms with Crippen LogP contribution in [0.5, 0.6) is 0 Å². The summed E-state index contributed by atoms with van der Waals surface area (Å²) < 4.78 is 0. The van der Waals surface area contributed by atoms with E-state index in [0.717, 1.165) is 6.07 Å². The number of carbonyl (C=O) groups is 1. The summed E-state index contributed by atoms with van der Waals surface area (Å²) in [7, 11) is 0. The molecule has 1 rings (SSSR count). The molecule has 0 aliphatic heterocycles. The van der Waals surface area contributed by atoms with Crippen molar-refractivity contribution in [2.45, 2.75) is 0 Å². The standard InChI is InChI=1S/C7H5ClN2O3.ClH/c8-7(11)4-1-2-5(9)6(3-4)10(12)13;/h1-3H,9H2;1H. The van der Waals surface area contributed by atoms with Gasteiger partial charge in [-0.2, -0.15) is 0 Å². The monoisotopic (exact) mass is 236 g/mol. The van der Waals surface area contributed by atoms with Crippen molar-refractivity contribution < 1.29 is 9.72 Å². The molecule has 0 aliphatic rings. The zero-order valence-electron chi connectivity index (χ0n) is 6.77. The highest BCUT2D eigenvalue weighted by atomic mass is 35.5. The maximum atomic E-state index is 10.6. The van der Waals surface area contributed by atoms with Gasteiger partial charge in [0.25, 0.3) is 10.9 Å². The Bertz CT molecular complexity index is 381. The van der Waals surface area contributed by atoms with Gasteiger partial charge in [0.2, 0.25) is 0 Å². The Hall–Kier alpha value is -1.33. The maximum Gasteiger partial charge on any atom is 0.292 e. The van der Waals surface area contributed by atoms with Gasteiger partial charge < -0.3 is 5.73 Å². The number of carbonyl (C=O) groups excluding carboxylic acids is 1. The second-order valence-electron chi connectivity index (χ2n) is 2.30. The minimum Gasteiger partial charge on any atom is -0.393 e. The predicted octanol–water partition coefficient (Wildman–Crippen LogP) is 1.98. The van der Waals surface area contributed by atoms with E-state index in [4.69, 9.17) is 17.3 Å². The van der Waals surface area contributed by atoms with Crippen LogP contribution in [0.1, 0.15) is 10.4 Å². The predicted molar refractivity (Wildman–Crippen MR) is 54.9 cm³/mol. The molecule has 14 heavy (non-hydrogen) atoms. The number of nitro groups is 1. The number of nitro benzene ring substituents is 1. The van der Waals surface area contributed by atoms with Crippen molar-refractivity contribution >= 4 is 40.6 Å². The lowest BCUT2D eigenvalue weighted by Gasteiger charge is -1.97. The molecular formula is C7H6Cl2N2O3. The Morgan fingerprint density at radius 2 is 2.07 bits per heavy atom. The summed E-state index contributed by atoms with van der Waals surface area (Å²) in [6.45, 7) is 0. The third-order valence-electron chi connectivity index (χ3n) is 1.45. The molecule has 0 heterocycles. The number of rotatable bonds is 2. The number of nitrogens with two attached hydrogens (primary N) is 1. The second-order valence-corrected chi connectivity index (χ2v) is 2.65. The average molecular weight is 237 g/mol. The van der Waals surface area contributed by atoms with Crippen molar-refractivity contribution in [1.82, 2.24) is 0 Å². The fourth-order valence-electron chi connectivity index (χ4n) is 0.824. The molecule has 0 saturated heterocycles. The molecule has 2 N–H and O–H groups in total. The molecule has 0 radical (unpaired) electrons.